The molecule has 0 saturated heterocycles. The van der Waals surface area contributed by atoms with Gasteiger partial charge in [0.05, 0.1) is 12.1 Å². The van der Waals surface area contributed by atoms with E-state index in [0.29, 0.717) is 19.3 Å². The molecule has 0 aromatic carbocycles. The molecule has 1 amide bonds. The topological polar surface area (TPSA) is 108 Å². The molecule has 2 atom stereocenters. The van der Waals surface area contributed by atoms with Crippen LogP contribution < -0.4 is 11.1 Å². The van der Waals surface area contributed by atoms with Crippen molar-refractivity contribution in [1.82, 2.24) is 5.32 Å². The number of nitrogens with zero attached hydrogens (tertiary/aromatic N) is 1. The molecular formula is C13H25N3O3. The summed E-state index contributed by atoms with van der Waals surface area (Å²) in [5, 5.41) is 24.6. The van der Waals surface area contributed by atoms with Crippen molar-refractivity contribution in [2.24, 2.45) is 16.3 Å². The minimum Gasteiger partial charge on any atom is -0.409 e. The number of hydrogen-bond donors (Lipinski definition) is 4. The number of oxime groups is 1. The predicted molar refractivity (Wildman–Crippen MR) is 72.8 cm³/mol. The van der Waals surface area contributed by atoms with Crippen LogP contribution in [0.1, 0.15) is 52.4 Å². The van der Waals surface area contributed by atoms with E-state index >= 15 is 0 Å². The van der Waals surface area contributed by atoms with Gasteiger partial charge in [-0.2, -0.15) is 0 Å². The van der Waals surface area contributed by atoms with Crippen LogP contribution in [-0.2, 0) is 4.79 Å². The maximum atomic E-state index is 12.4. The van der Waals surface area contributed by atoms with E-state index in [0.717, 1.165) is 19.3 Å². The van der Waals surface area contributed by atoms with Gasteiger partial charge < -0.3 is 21.4 Å². The van der Waals surface area contributed by atoms with Crippen molar-refractivity contribution in [3.05, 3.63) is 0 Å². The summed E-state index contributed by atoms with van der Waals surface area (Å²) in [5.74, 6) is -0.334. The molecule has 1 aliphatic carbocycles. The Morgan fingerprint density at radius 3 is 2.42 bits per heavy atom. The van der Waals surface area contributed by atoms with Crippen LogP contribution in [-0.4, -0.2) is 34.2 Å². The highest BCUT2D eigenvalue weighted by atomic mass is 16.4. The van der Waals surface area contributed by atoms with Crippen LogP contribution in [0.25, 0.3) is 0 Å². The van der Waals surface area contributed by atoms with Crippen LogP contribution in [0.5, 0.6) is 0 Å². The lowest BCUT2D eigenvalue weighted by molar-refractivity contribution is -0.130. The van der Waals surface area contributed by atoms with Gasteiger partial charge in [0.1, 0.15) is 5.41 Å². The van der Waals surface area contributed by atoms with Crippen LogP contribution in [0, 0.1) is 5.41 Å². The number of aliphatic hydroxyl groups is 1. The van der Waals surface area contributed by atoms with Crippen LogP contribution in [0.4, 0.5) is 0 Å². The van der Waals surface area contributed by atoms with Gasteiger partial charge in [-0.25, -0.2) is 0 Å². The van der Waals surface area contributed by atoms with E-state index in [4.69, 9.17) is 10.9 Å². The van der Waals surface area contributed by atoms with Gasteiger partial charge in [-0.3, -0.25) is 4.79 Å². The Morgan fingerprint density at radius 1 is 1.37 bits per heavy atom. The van der Waals surface area contributed by atoms with E-state index in [1.807, 2.05) is 13.8 Å². The molecule has 0 radical (unpaired) electrons. The summed E-state index contributed by atoms with van der Waals surface area (Å²) >= 11 is 0. The molecule has 0 bridgehead atoms. The average molecular weight is 271 g/mol. The normalized spacial score (nSPS) is 25.1. The second-order valence-corrected chi connectivity index (χ2v) is 5.21. The molecule has 1 aliphatic rings. The molecule has 1 rings (SSSR count). The van der Waals surface area contributed by atoms with Crippen LogP contribution in [0.3, 0.4) is 0 Å². The number of nitrogens with one attached hydrogen (secondary N) is 1. The van der Waals surface area contributed by atoms with Gasteiger partial charge in [-0.15, -0.1) is 0 Å². The number of rotatable bonds is 5. The van der Waals surface area contributed by atoms with E-state index in [-0.39, 0.29) is 17.8 Å². The first kappa shape index (κ1) is 15.8. The monoisotopic (exact) mass is 271 g/mol. The van der Waals surface area contributed by atoms with Crippen LogP contribution in [0.15, 0.2) is 5.16 Å². The molecule has 0 spiro atoms. The third-order valence-corrected chi connectivity index (χ3v) is 4.29. The second-order valence-electron chi connectivity index (χ2n) is 5.21. The highest BCUT2D eigenvalue weighted by Gasteiger charge is 2.41. The zero-order valence-corrected chi connectivity index (χ0v) is 11.7. The molecule has 1 saturated carbocycles. The van der Waals surface area contributed by atoms with Gasteiger partial charge in [-0.05, 0) is 25.7 Å². The summed E-state index contributed by atoms with van der Waals surface area (Å²) in [6.07, 6.45) is 3.86. The van der Waals surface area contributed by atoms with E-state index in [2.05, 4.69) is 10.5 Å². The smallest absolute Gasteiger partial charge is 0.234 e. The summed E-state index contributed by atoms with van der Waals surface area (Å²) in [4.78, 5) is 12.4. The van der Waals surface area contributed by atoms with Crippen LogP contribution >= 0.6 is 0 Å². The highest BCUT2D eigenvalue weighted by molar-refractivity contribution is 6.06. The van der Waals surface area contributed by atoms with Crippen LogP contribution in [0.2, 0.25) is 0 Å². The Kier molecular flexibility index (Phi) is 5.60. The summed E-state index contributed by atoms with van der Waals surface area (Å²) in [7, 11) is 0. The Bertz CT molecular complexity index is 340. The van der Waals surface area contributed by atoms with Crippen molar-refractivity contribution in [3.8, 4) is 0 Å². The Morgan fingerprint density at radius 2 is 1.95 bits per heavy atom. The first-order chi connectivity index (χ1) is 9.01. The third kappa shape index (κ3) is 3.18. The number of amides is 1. The van der Waals surface area contributed by atoms with Gasteiger partial charge >= 0.3 is 0 Å². The van der Waals surface area contributed by atoms with Crippen molar-refractivity contribution < 1.29 is 15.1 Å². The van der Waals surface area contributed by atoms with Crippen molar-refractivity contribution in [2.45, 2.75) is 64.5 Å². The van der Waals surface area contributed by atoms with Crippen molar-refractivity contribution in [2.75, 3.05) is 0 Å². The molecule has 2 unspecified atom stereocenters. The summed E-state index contributed by atoms with van der Waals surface area (Å²) in [6.45, 7) is 3.66. The quantitative estimate of drug-likeness (QED) is 0.258. The maximum absolute atomic E-state index is 12.4. The Hall–Kier alpha value is -1.30. The fourth-order valence-electron chi connectivity index (χ4n) is 2.73. The average Bonchev–Trinajstić information content (AvgIpc) is 2.43. The van der Waals surface area contributed by atoms with E-state index < -0.39 is 11.5 Å². The van der Waals surface area contributed by atoms with E-state index in [1.165, 1.54) is 0 Å². The van der Waals surface area contributed by atoms with Crippen molar-refractivity contribution >= 4 is 11.7 Å². The molecule has 1 fully saturated rings. The molecule has 19 heavy (non-hydrogen) atoms. The summed E-state index contributed by atoms with van der Waals surface area (Å²) in [5.41, 5.74) is 4.70. The van der Waals surface area contributed by atoms with E-state index in [1.54, 1.807) is 0 Å². The number of carbonyl (C=O) groups excluding carboxylic acids is 1. The number of hydrogen-bond acceptors (Lipinski definition) is 4. The molecule has 0 aromatic rings. The second kappa shape index (κ2) is 6.75. The zero-order valence-electron chi connectivity index (χ0n) is 11.7. The largest absolute Gasteiger partial charge is 0.409 e. The standard InChI is InChI=1S/C13H25N3O3/c1-3-13(4-2,11(14)16-19)12(18)15-9-7-5-6-8-10(9)17/h9-10,17,19H,3-8H2,1-2H3,(H2,14,16)(H,15,18). The number of aliphatic hydroxyl groups excluding tert-OH is 1. The SMILES string of the molecule is CCC(CC)(C(=O)NC1CCCCC1O)C(N)=NO. The summed E-state index contributed by atoms with van der Waals surface area (Å²) in [6, 6.07) is -0.231. The number of carbonyl (C=O) groups is 1. The molecule has 0 heterocycles. The first-order valence-electron chi connectivity index (χ1n) is 6.98. The summed E-state index contributed by atoms with van der Waals surface area (Å²) < 4.78 is 0. The highest BCUT2D eigenvalue weighted by Crippen LogP contribution is 2.28. The molecule has 0 aromatic heterocycles. The van der Waals surface area contributed by atoms with Gasteiger partial charge in [0.25, 0.3) is 0 Å². The molecule has 6 nitrogen and oxygen atoms in total. The van der Waals surface area contributed by atoms with Gasteiger partial charge in [0.15, 0.2) is 5.84 Å². The Balaban J connectivity index is 2.83. The van der Waals surface area contributed by atoms with Gasteiger partial charge in [-0.1, -0.05) is 31.8 Å². The zero-order chi connectivity index (χ0) is 14.5. The maximum Gasteiger partial charge on any atom is 0.234 e. The van der Waals surface area contributed by atoms with E-state index in [9.17, 15) is 9.90 Å². The number of nitrogens with two attached hydrogens (primary N) is 1. The fraction of sp³-hybridized carbons (Fsp3) is 0.846. The molecule has 0 aliphatic heterocycles. The van der Waals surface area contributed by atoms with Crippen molar-refractivity contribution in [1.29, 1.82) is 0 Å². The number of amidine groups is 1. The fourth-order valence-corrected chi connectivity index (χ4v) is 2.73. The molecule has 6 heteroatoms. The lowest BCUT2D eigenvalue weighted by atomic mass is 9.79. The third-order valence-electron chi connectivity index (χ3n) is 4.29. The molecular weight excluding hydrogens is 246 g/mol. The lowest BCUT2D eigenvalue weighted by Gasteiger charge is -2.34. The predicted octanol–water partition coefficient (Wildman–Crippen LogP) is 0.959. The van der Waals surface area contributed by atoms with Gasteiger partial charge in [0.2, 0.25) is 5.91 Å². The van der Waals surface area contributed by atoms with Gasteiger partial charge in [0, 0.05) is 0 Å². The molecule has 5 N–H and O–H groups in total. The minimum atomic E-state index is -0.994. The molecule has 110 valence electrons. The lowest BCUT2D eigenvalue weighted by Crippen LogP contribution is -2.54. The first-order valence-corrected chi connectivity index (χ1v) is 6.98. The minimum absolute atomic E-state index is 0.0692. The van der Waals surface area contributed by atoms with Crippen molar-refractivity contribution in [3.63, 3.8) is 0 Å². The Labute approximate surface area is 114 Å².